The zero-order valence-electron chi connectivity index (χ0n) is 18.0. The van der Waals surface area contributed by atoms with Gasteiger partial charge in [0.2, 0.25) is 5.91 Å². The summed E-state index contributed by atoms with van der Waals surface area (Å²) >= 11 is 0. The van der Waals surface area contributed by atoms with Gasteiger partial charge in [-0.15, -0.1) is 0 Å². The second kappa shape index (κ2) is 10.3. The molecule has 1 saturated heterocycles. The minimum absolute atomic E-state index is 0.0294. The molecule has 0 spiro atoms. The van der Waals surface area contributed by atoms with E-state index in [2.05, 4.69) is 26.2 Å². The number of benzene rings is 2. The Hall–Kier alpha value is -3.39. The first-order valence-electron chi connectivity index (χ1n) is 11.1. The Kier molecular flexibility index (Phi) is 7.01. The average Bonchev–Trinajstić information content (AvgIpc) is 3.60. The van der Waals surface area contributed by atoms with Crippen LogP contribution in [0.5, 0.6) is 0 Å². The summed E-state index contributed by atoms with van der Waals surface area (Å²) < 4.78 is 0. The lowest BCUT2D eigenvalue weighted by Crippen LogP contribution is -2.46. The van der Waals surface area contributed by atoms with E-state index in [4.69, 9.17) is 0 Å². The molecular formula is C24H29N5O3. The van der Waals surface area contributed by atoms with Gasteiger partial charge in [0.15, 0.2) is 0 Å². The number of carbonyl (C=O) groups is 3. The number of nitrogens with zero attached hydrogens (tertiary/aromatic N) is 1. The highest BCUT2D eigenvalue weighted by molar-refractivity contribution is 5.96. The molecule has 2 aliphatic rings. The Balaban J connectivity index is 1.18. The van der Waals surface area contributed by atoms with Crippen LogP contribution in [0.3, 0.4) is 0 Å². The first-order valence-corrected chi connectivity index (χ1v) is 11.1. The third kappa shape index (κ3) is 6.55. The van der Waals surface area contributed by atoms with Crippen molar-refractivity contribution in [1.82, 2.24) is 15.5 Å². The lowest BCUT2D eigenvalue weighted by molar-refractivity contribution is -0.117. The summed E-state index contributed by atoms with van der Waals surface area (Å²) in [7, 11) is 0. The van der Waals surface area contributed by atoms with Crippen LogP contribution in [0.2, 0.25) is 0 Å². The van der Waals surface area contributed by atoms with E-state index in [0.717, 1.165) is 44.5 Å². The van der Waals surface area contributed by atoms with Gasteiger partial charge in [0.1, 0.15) is 0 Å². The lowest BCUT2D eigenvalue weighted by Gasteiger charge is -2.31. The maximum Gasteiger partial charge on any atom is 0.319 e. The van der Waals surface area contributed by atoms with E-state index < -0.39 is 0 Å². The van der Waals surface area contributed by atoms with Gasteiger partial charge in [-0.1, -0.05) is 18.2 Å². The number of piperidine rings is 1. The molecule has 4 N–H and O–H groups in total. The fourth-order valence-corrected chi connectivity index (χ4v) is 3.71. The SMILES string of the molecule is O=C(CN1CCC(NC(=O)c2ccc(NC(=O)NC3CC3)cc2)CC1)Nc1ccccc1. The minimum Gasteiger partial charge on any atom is -0.349 e. The molecule has 2 aromatic carbocycles. The van der Waals surface area contributed by atoms with Gasteiger partial charge < -0.3 is 21.3 Å². The van der Waals surface area contributed by atoms with Gasteiger partial charge in [0.25, 0.3) is 5.91 Å². The molecule has 0 atom stereocenters. The summed E-state index contributed by atoms with van der Waals surface area (Å²) in [5.74, 6) is -0.155. The maximum absolute atomic E-state index is 12.6. The second-order valence-electron chi connectivity index (χ2n) is 8.39. The first-order chi connectivity index (χ1) is 15.5. The number of para-hydroxylation sites is 1. The predicted octanol–water partition coefficient (Wildman–Crippen LogP) is 2.80. The smallest absolute Gasteiger partial charge is 0.319 e. The number of anilines is 2. The molecule has 1 aliphatic heterocycles. The predicted molar refractivity (Wildman–Crippen MR) is 124 cm³/mol. The van der Waals surface area contributed by atoms with Gasteiger partial charge in [-0.2, -0.15) is 0 Å². The summed E-state index contributed by atoms with van der Waals surface area (Å²) in [6.07, 6.45) is 3.66. The highest BCUT2D eigenvalue weighted by Crippen LogP contribution is 2.19. The topological polar surface area (TPSA) is 103 Å². The summed E-state index contributed by atoms with van der Waals surface area (Å²) in [5.41, 5.74) is 2.01. The third-order valence-electron chi connectivity index (χ3n) is 5.67. The van der Waals surface area contributed by atoms with Crippen LogP contribution in [0.15, 0.2) is 54.6 Å². The van der Waals surface area contributed by atoms with Crippen LogP contribution in [0.25, 0.3) is 0 Å². The summed E-state index contributed by atoms with van der Waals surface area (Å²) in [6.45, 7) is 1.86. The molecule has 1 aliphatic carbocycles. The van der Waals surface area contributed by atoms with Crippen LogP contribution < -0.4 is 21.3 Å². The molecule has 1 heterocycles. The standard InChI is InChI=1S/C24H29N5O3/c30-22(25-18-4-2-1-3-5-18)16-29-14-12-21(13-15-29)26-23(31)17-6-8-19(9-7-17)27-24(32)28-20-10-11-20/h1-9,20-21H,10-16H2,(H,25,30)(H,26,31)(H2,27,28,32). The lowest BCUT2D eigenvalue weighted by atomic mass is 10.0. The highest BCUT2D eigenvalue weighted by Gasteiger charge is 2.24. The molecule has 4 rings (SSSR count). The van der Waals surface area contributed by atoms with Crippen LogP contribution in [-0.2, 0) is 4.79 Å². The molecular weight excluding hydrogens is 406 g/mol. The van der Waals surface area contributed by atoms with Crippen molar-refractivity contribution in [2.75, 3.05) is 30.3 Å². The van der Waals surface area contributed by atoms with E-state index in [1.807, 2.05) is 30.3 Å². The van der Waals surface area contributed by atoms with E-state index >= 15 is 0 Å². The van der Waals surface area contributed by atoms with Gasteiger partial charge in [0.05, 0.1) is 6.54 Å². The molecule has 1 saturated carbocycles. The normalized spacial score (nSPS) is 16.8. The highest BCUT2D eigenvalue weighted by atomic mass is 16.2. The Morgan fingerprint density at radius 1 is 0.750 bits per heavy atom. The molecule has 2 fully saturated rings. The van der Waals surface area contributed by atoms with Crippen molar-refractivity contribution in [1.29, 1.82) is 0 Å². The Morgan fingerprint density at radius 2 is 1.38 bits per heavy atom. The molecule has 8 nitrogen and oxygen atoms in total. The number of urea groups is 1. The number of nitrogens with one attached hydrogen (secondary N) is 4. The van der Waals surface area contributed by atoms with Gasteiger partial charge in [0, 0.05) is 42.1 Å². The number of amides is 4. The van der Waals surface area contributed by atoms with E-state index in [0.29, 0.717) is 23.8 Å². The van der Waals surface area contributed by atoms with Crippen LogP contribution in [0, 0.1) is 0 Å². The van der Waals surface area contributed by atoms with Crippen molar-refractivity contribution in [2.45, 2.75) is 37.8 Å². The van der Waals surface area contributed by atoms with E-state index in [9.17, 15) is 14.4 Å². The Labute approximate surface area is 187 Å². The molecule has 168 valence electrons. The monoisotopic (exact) mass is 435 g/mol. The minimum atomic E-state index is -0.214. The fourth-order valence-electron chi connectivity index (χ4n) is 3.71. The van der Waals surface area contributed by atoms with Gasteiger partial charge >= 0.3 is 6.03 Å². The van der Waals surface area contributed by atoms with Crippen LogP contribution in [0.4, 0.5) is 16.2 Å². The van der Waals surface area contributed by atoms with E-state index in [-0.39, 0.29) is 23.9 Å². The fraction of sp³-hybridized carbons (Fsp3) is 0.375. The molecule has 0 unspecified atom stereocenters. The number of rotatable bonds is 7. The molecule has 8 heteroatoms. The first kappa shape index (κ1) is 21.8. The molecule has 0 aromatic heterocycles. The van der Waals surface area contributed by atoms with Crippen LogP contribution in [-0.4, -0.2) is 54.5 Å². The molecule has 2 aromatic rings. The second-order valence-corrected chi connectivity index (χ2v) is 8.39. The summed E-state index contributed by atoms with van der Waals surface area (Å²) in [5, 5.41) is 11.6. The largest absolute Gasteiger partial charge is 0.349 e. The van der Waals surface area contributed by atoms with E-state index in [1.165, 1.54) is 0 Å². The average molecular weight is 436 g/mol. The van der Waals surface area contributed by atoms with Gasteiger partial charge in [-0.05, 0) is 62.1 Å². The molecule has 32 heavy (non-hydrogen) atoms. The van der Waals surface area contributed by atoms with Gasteiger partial charge in [-0.25, -0.2) is 4.79 Å². The van der Waals surface area contributed by atoms with Crippen LogP contribution in [0.1, 0.15) is 36.0 Å². The number of carbonyl (C=O) groups excluding carboxylic acids is 3. The van der Waals surface area contributed by atoms with Crippen molar-refractivity contribution in [3.05, 3.63) is 60.2 Å². The van der Waals surface area contributed by atoms with Crippen molar-refractivity contribution >= 4 is 29.2 Å². The van der Waals surface area contributed by atoms with Crippen molar-refractivity contribution in [3.63, 3.8) is 0 Å². The summed E-state index contributed by atoms with van der Waals surface area (Å²) in [6, 6.07) is 16.5. The maximum atomic E-state index is 12.6. The summed E-state index contributed by atoms with van der Waals surface area (Å²) in [4.78, 5) is 38.7. The van der Waals surface area contributed by atoms with Gasteiger partial charge in [-0.3, -0.25) is 14.5 Å². The van der Waals surface area contributed by atoms with E-state index in [1.54, 1.807) is 24.3 Å². The quantitative estimate of drug-likeness (QED) is 0.537. The molecule has 0 bridgehead atoms. The number of hydrogen-bond donors (Lipinski definition) is 4. The number of hydrogen-bond acceptors (Lipinski definition) is 4. The molecule has 4 amide bonds. The van der Waals surface area contributed by atoms with Crippen molar-refractivity contribution < 1.29 is 14.4 Å². The Morgan fingerprint density at radius 3 is 2.03 bits per heavy atom. The third-order valence-corrected chi connectivity index (χ3v) is 5.67. The van der Waals surface area contributed by atoms with Crippen molar-refractivity contribution in [3.8, 4) is 0 Å². The van der Waals surface area contributed by atoms with Crippen molar-refractivity contribution in [2.24, 2.45) is 0 Å². The zero-order chi connectivity index (χ0) is 22.3. The molecule has 0 radical (unpaired) electrons. The Bertz CT molecular complexity index is 936. The number of likely N-dealkylation sites (tertiary alicyclic amines) is 1. The zero-order valence-corrected chi connectivity index (χ0v) is 18.0. The van der Waals surface area contributed by atoms with Crippen LogP contribution >= 0.6 is 0 Å².